The van der Waals surface area contributed by atoms with E-state index in [1.54, 1.807) is 18.2 Å². The van der Waals surface area contributed by atoms with Crippen LogP contribution in [0.25, 0.3) is 10.9 Å². The number of pyridine rings is 1. The highest BCUT2D eigenvalue weighted by atomic mass is 35.5. The molecule has 3 aromatic rings. The first-order valence-electron chi connectivity index (χ1n) is 8.93. The van der Waals surface area contributed by atoms with E-state index < -0.39 is 0 Å². The minimum atomic E-state index is -0.384. The highest BCUT2D eigenvalue weighted by Crippen LogP contribution is 2.25. The summed E-state index contributed by atoms with van der Waals surface area (Å²) in [5.41, 5.74) is 3.19. The van der Waals surface area contributed by atoms with E-state index in [-0.39, 0.29) is 17.2 Å². The standard InChI is InChI=1S/C21H19ClFN3O/c22-18-5-1-4-15-13-26(9-7-17(15)18)10-8-24-21(27)16-11-14-3-2-6-19(23)20(14)25-12-16/h1-6,11-12H,7-10,13H2,(H,24,27). The van der Waals surface area contributed by atoms with Crippen LogP contribution in [0.5, 0.6) is 0 Å². The van der Waals surface area contributed by atoms with Gasteiger partial charge in [0.2, 0.25) is 0 Å². The molecule has 1 aliphatic rings. The van der Waals surface area contributed by atoms with E-state index >= 15 is 0 Å². The molecular weight excluding hydrogens is 365 g/mol. The summed E-state index contributed by atoms with van der Waals surface area (Å²) in [6, 6.07) is 12.4. The number of hydrogen-bond acceptors (Lipinski definition) is 3. The van der Waals surface area contributed by atoms with Gasteiger partial charge < -0.3 is 5.32 Å². The number of rotatable bonds is 4. The van der Waals surface area contributed by atoms with E-state index in [1.165, 1.54) is 23.4 Å². The molecule has 2 heterocycles. The third-order valence-corrected chi connectivity index (χ3v) is 5.28. The van der Waals surface area contributed by atoms with Gasteiger partial charge in [0, 0.05) is 42.8 Å². The van der Waals surface area contributed by atoms with Crippen molar-refractivity contribution in [1.29, 1.82) is 0 Å². The predicted octanol–water partition coefficient (Wildman–Crippen LogP) is 3.82. The first-order chi connectivity index (χ1) is 13.1. The van der Waals surface area contributed by atoms with E-state index in [9.17, 15) is 9.18 Å². The Kier molecular flexibility index (Phi) is 5.05. The van der Waals surface area contributed by atoms with Crippen molar-refractivity contribution in [2.45, 2.75) is 13.0 Å². The summed E-state index contributed by atoms with van der Waals surface area (Å²) >= 11 is 6.25. The molecule has 4 rings (SSSR count). The molecule has 0 bridgehead atoms. The number of amides is 1. The molecule has 1 amide bonds. The van der Waals surface area contributed by atoms with E-state index in [2.05, 4.69) is 21.3 Å². The predicted molar refractivity (Wildman–Crippen MR) is 104 cm³/mol. The molecule has 27 heavy (non-hydrogen) atoms. The first kappa shape index (κ1) is 17.9. The van der Waals surface area contributed by atoms with Crippen molar-refractivity contribution in [3.05, 3.63) is 76.2 Å². The highest BCUT2D eigenvalue weighted by molar-refractivity contribution is 6.31. The fourth-order valence-corrected chi connectivity index (χ4v) is 3.78. The van der Waals surface area contributed by atoms with Crippen LogP contribution >= 0.6 is 11.6 Å². The number of carbonyl (C=O) groups is 1. The molecule has 0 radical (unpaired) electrons. The molecule has 6 heteroatoms. The number of halogens is 2. The Balaban J connectivity index is 1.35. The Morgan fingerprint density at radius 1 is 1.26 bits per heavy atom. The van der Waals surface area contributed by atoms with Crippen molar-refractivity contribution in [1.82, 2.24) is 15.2 Å². The van der Waals surface area contributed by atoms with Crippen molar-refractivity contribution < 1.29 is 9.18 Å². The fraction of sp³-hybridized carbons (Fsp3) is 0.238. The van der Waals surface area contributed by atoms with Crippen LogP contribution in [-0.4, -0.2) is 35.4 Å². The van der Waals surface area contributed by atoms with Crippen molar-refractivity contribution in [2.24, 2.45) is 0 Å². The molecule has 2 aromatic carbocycles. The van der Waals surface area contributed by atoms with Crippen LogP contribution < -0.4 is 5.32 Å². The minimum absolute atomic E-state index is 0.200. The zero-order valence-electron chi connectivity index (χ0n) is 14.7. The SMILES string of the molecule is O=C(NCCN1CCc2c(Cl)cccc2C1)c1cnc2c(F)cccc2c1. The van der Waals surface area contributed by atoms with E-state index in [0.29, 0.717) is 17.5 Å². The molecule has 138 valence electrons. The monoisotopic (exact) mass is 383 g/mol. The number of carbonyl (C=O) groups excluding carboxylic acids is 1. The number of para-hydroxylation sites is 1. The fourth-order valence-electron chi connectivity index (χ4n) is 3.49. The van der Waals surface area contributed by atoms with Gasteiger partial charge in [-0.05, 0) is 35.7 Å². The lowest BCUT2D eigenvalue weighted by Crippen LogP contribution is -2.37. The maximum Gasteiger partial charge on any atom is 0.252 e. The van der Waals surface area contributed by atoms with Gasteiger partial charge in [-0.25, -0.2) is 4.39 Å². The van der Waals surface area contributed by atoms with Gasteiger partial charge in [0.1, 0.15) is 11.3 Å². The average molecular weight is 384 g/mol. The van der Waals surface area contributed by atoms with E-state index in [4.69, 9.17) is 11.6 Å². The number of nitrogens with one attached hydrogen (secondary N) is 1. The number of nitrogens with zero attached hydrogens (tertiary/aromatic N) is 2. The van der Waals surface area contributed by atoms with Crippen molar-refractivity contribution in [2.75, 3.05) is 19.6 Å². The smallest absolute Gasteiger partial charge is 0.252 e. The molecular formula is C21H19ClFN3O. The van der Waals surface area contributed by atoms with Gasteiger partial charge in [-0.3, -0.25) is 14.7 Å². The van der Waals surface area contributed by atoms with Gasteiger partial charge in [-0.1, -0.05) is 35.9 Å². The zero-order chi connectivity index (χ0) is 18.8. The largest absolute Gasteiger partial charge is 0.351 e. The summed E-state index contributed by atoms with van der Waals surface area (Å²) in [6.45, 7) is 3.05. The molecule has 0 saturated carbocycles. The van der Waals surface area contributed by atoms with Crippen LogP contribution in [0.3, 0.4) is 0 Å². The second kappa shape index (κ2) is 7.62. The van der Waals surface area contributed by atoms with Gasteiger partial charge in [0.05, 0.1) is 5.56 Å². The minimum Gasteiger partial charge on any atom is -0.351 e. The summed E-state index contributed by atoms with van der Waals surface area (Å²) in [5.74, 6) is -0.584. The summed E-state index contributed by atoms with van der Waals surface area (Å²) in [4.78, 5) is 18.7. The van der Waals surface area contributed by atoms with Crippen LogP contribution in [0.1, 0.15) is 21.5 Å². The number of hydrogen-bond donors (Lipinski definition) is 1. The molecule has 1 N–H and O–H groups in total. The number of benzene rings is 2. The van der Waals surface area contributed by atoms with Crippen molar-refractivity contribution in [3.63, 3.8) is 0 Å². The second-order valence-electron chi connectivity index (χ2n) is 6.70. The molecule has 0 atom stereocenters. The van der Waals surface area contributed by atoms with Crippen LogP contribution in [0.4, 0.5) is 4.39 Å². The summed E-state index contributed by atoms with van der Waals surface area (Å²) in [7, 11) is 0. The van der Waals surface area contributed by atoms with Crippen LogP contribution in [0.2, 0.25) is 5.02 Å². The van der Waals surface area contributed by atoms with Crippen molar-refractivity contribution >= 4 is 28.4 Å². The van der Waals surface area contributed by atoms with E-state index in [1.807, 2.05) is 12.1 Å². The molecule has 0 fully saturated rings. The lowest BCUT2D eigenvalue weighted by Gasteiger charge is -2.29. The van der Waals surface area contributed by atoms with Gasteiger partial charge in [-0.15, -0.1) is 0 Å². The maximum atomic E-state index is 13.7. The topological polar surface area (TPSA) is 45.2 Å². The third-order valence-electron chi connectivity index (χ3n) is 4.93. The normalized spacial score (nSPS) is 14.1. The molecule has 1 aliphatic heterocycles. The van der Waals surface area contributed by atoms with Crippen LogP contribution in [0, 0.1) is 5.82 Å². The highest BCUT2D eigenvalue weighted by Gasteiger charge is 2.18. The van der Waals surface area contributed by atoms with E-state index in [0.717, 1.165) is 31.1 Å². The van der Waals surface area contributed by atoms with Crippen LogP contribution in [-0.2, 0) is 13.0 Å². The molecule has 1 aromatic heterocycles. The Morgan fingerprint density at radius 2 is 2.11 bits per heavy atom. The summed E-state index contributed by atoms with van der Waals surface area (Å²) in [6.07, 6.45) is 2.34. The van der Waals surface area contributed by atoms with Crippen molar-refractivity contribution in [3.8, 4) is 0 Å². The lowest BCUT2D eigenvalue weighted by molar-refractivity contribution is 0.0947. The summed E-state index contributed by atoms with van der Waals surface area (Å²) in [5, 5.41) is 4.37. The number of fused-ring (bicyclic) bond motifs is 2. The molecule has 0 unspecified atom stereocenters. The zero-order valence-corrected chi connectivity index (χ0v) is 15.5. The Labute approximate surface area is 162 Å². The van der Waals surface area contributed by atoms with Gasteiger partial charge in [-0.2, -0.15) is 0 Å². The Hall–Kier alpha value is -2.50. The Bertz CT molecular complexity index is 1010. The first-order valence-corrected chi connectivity index (χ1v) is 9.31. The molecule has 4 nitrogen and oxygen atoms in total. The lowest BCUT2D eigenvalue weighted by atomic mass is 10.00. The maximum absolute atomic E-state index is 13.7. The molecule has 0 aliphatic carbocycles. The molecule has 0 spiro atoms. The van der Waals surface area contributed by atoms with Gasteiger partial charge >= 0.3 is 0 Å². The molecule has 0 saturated heterocycles. The summed E-state index contributed by atoms with van der Waals surface area (Å²) < 4.78 is 13.7. The third kappa shape index (κ3) is 3.80. The number of aromatic nitrogens is 1. The van der Waals surface area contributed by atoms with Gasteiger partial charge in [0.15, 0.2) is 0 Å². The van der Waals surface area contributed by atoms with Gasteiger partial charge in [0.25, 0.3) is 5.91 Å². The quantitative estimate of drug-likeness (QED) is 0.745. The Morgan fingerprint density at radius 3 is 3.00 bits per heavy atom. The second-order valence-corrected chi connectivity index (χ2v) is 7.10. The average Bonchev–Trinajstić information content (AvgIpc) is 2.68. The van der Waals surface area contributed by atoms with Crippen LogP contribution in [0.15, 0.2) is 48.7 Å².